The van der Waals surface area contributed by atoms with Crippen LogP contribution in [0.25, 0.3) is 0 Å². The fourth-order valence-electron chi connectivity index (χ4n) is 1.91. The first-order valence-electron chi connectivity index (χ1n) is 7.26. The fourth-order valence-corrected chi connectivity index (χ4v) is 1.91. The van der Waals surface area contributed by atoms with Crippen LogP contribution in [0.1, 0.15) is 30.0 Å². The largest absolute Gasteiger partial charge is 0.379 e. The Balaban J connectivity index is 0.000000956. The molecule has 1 aromatic heterocycles. The van der Waals surface area contributed by atoms with E-state index in [9.17, 15) is 4.79 Å². The van der Waals surface area contributed by atoms with E-state index in [1.165, 1.54) is 0 Å². The van der Waals surface area contributed by atoms with Gasteiger partial charge in [-0.25, -0.2) is 0 Å². The average molecular weight is 282 g/mol. The molecular formula is C14H26N4O2. The lowest BCUT2D eigenvalue weighted by molar-refractivity contribution is 0.0383. The molecule has 20 heavy (non-hydrogen) atoms. The molecule has 1 aliphatic heterocycles. The van der Waals surface area contributed by atoms with Crippen LogP contribution in [-0.4, -0.2) is 60.0 Å². The Kier molecular flexibility index (Phi) is 7.25. The van der Waals surface area contributed by atoms with Crippen molar-refractivity contribution in [2.75, 3.05) is 39.4 Å². The van der Waals surface area contributed by atoms with Gasteiger partial charge in [-0.1, -0.05) is 13.8 Å². The number of carbonyl (C=O) groups excluding carboxylic acids is 1. The fraction of sp³-hybridized carbons (Fsp3) is 0.714. The topological polar surface area (TPSA) is 59.4 Å². The third-order valence-electron chi connectivity index (χ3n) is 3.16. The van der Waals surface area contributed by atoms with E-state index in [4.69, 9.17) is 4.74 Å². The predicted molar refractivity (Wildman–Crippen MR) is 78.9 cm³/mol. The minimum absolute atomic E-state index is 0.105. The minimum atomic E-state index is -0.105. The van der Waals surface area contributed by atoms with Crippen LogP contribution in [0.3, 0.4) is 0 Å². The molecule has 2 rings (SSSR count). The van der Waals surface area contributed by atoms with Crippen molar-refractivity contribution < 1.29 is 9.53 Å². The van der Waals surface area contributed by atoms with Crippen molar-refractivity contribution in [1.29, 1.82) is 0 Å². The minimum Gasteiger partial charge on any atom is -0.379 e. The summed E-state index contributed by atoms with van der Waals surface area (Å²) in [7, 11) is 1.83. The molecule has 1 fully saturated rings. The maximum absolute atomic E-state index is 11.8. The Morgan fingerprint density at radius 2 is 2.05 bits per heavy atom. The molecule has 1 aromatic rings. The molecule has 0 radical (unpaired) electrons. The first-order chi connectivity index (χ1) is 9.66. The molecular weight excluding hydrogens is 256 g/mol. The summed E-state index contributed by atoms with van der Waals surface area (Å²) in [6.45, 7) is 10.9. The number of rotatable bonds is 4. The summed E-state index contributed by atoms with van der Waals surface area (Å²) in [5, 5.41) is 7.04. The second kappa shape index (κ2) is 8.71. The highest BCUT2D eigenvalue weighted by Crippen LogP contribution is 2.01. The summed E-state index contributed by atoms with van der Waals surface area (Å²) in [5.41, 5.74) is 1.46. The number of amides is 1. The van der Waals surface area contributed by atoms with Gasteiger partial charge in [0.1, 0.15) is 5.69 Å². The van der Waals surface area contributed by atoms with Crippen LogP contribution in [0.5, 0.6) is 0 Å². The van der Waals surface area contributed by atoms with Gasteiger partial charge < -0.3 is 10.1 Å². The lowest BCUT2D eigenvalue weighted by atomic mass is 10.3. The Labute approximate surface area is 121 Å². The molecule has 0 aliphatic carbocycles. The first kappa shape index (κ1) is 16.7. The van der Waals surface area contributed by atoms with E-state index in [1.54, 1.807) is 10.7 Å². The van der Waals surface area contributed by atoms with E-state index in [0.717, 1.165) is 38.5 Å². The van der Waals surface area contributed by atoms with Gasteiger partial charge in [0.15, 0.2) is 0 Å². The summed E-state index contributed by atoms with van der Waals surface area (Å²) in [4.78, 5) is 14.1. The zero-order valence-electron chi connectivity index (χ0n) is 13.0. The molecule has 1 amide bonds. The first-order valence-corrected chi connectivity index (χ1v) is 7.26. The van der Waals surface area contributed by atoms with Gasteiger partial charge in [-0.05, 0) is 13.0 Å². The van der Waals surface area contributed by atoms with Gasteiger partial charge in [0, 0.05) is 38.9 Å². The standard InChI is InChI=1S/C12H20N4O2.C2H6/c1-10-9-11(14-15(10)2)12(17)13-3-4-16-5-7-18-8-6-16;1-2/h9H,3-8H2,1-2H3,(H,13,17);1-2H3. The molecule has 0 atom stereocenters. The molecule has 0 unspecified atom stereocenters. The van der Waals surface area contributed by atoms with Crippen molar-refractivity contribution in [2.45, 2.75) is 20.8 Å². The van der Waals surface area contributed by atoms with Gasteiger partial charge in [-0.2, -0.15) is 5.10 Å². The second-order valence-corrected chi connectivity index (χ2v) is 4.50. The highest BCUT2D eigenvalue weighted by molar-refractivity contribution is 5.92. The summed E-state index contributed by atoms with van der Waals surface area (Å²) < 4.78 is 6.98. The van der Waals surface area contributed by atoms with Gasteiger partial charge in [-0.3, -0.25) is 14.4 Å². The monoisotopic (exact) mass is 282 g/mol. The number of hydrogen-bond donors (Lipinski definition) is 1. The van der Waals surface area contributed by atoms with Crippen LogP contribution in [0.4, 0.5) is 0 Å². The Bertz CT molecular complexity index is 392. The lowest BCUT2D eigenvalue weighted by Crippen LogP contribution is -2.41. The van der Waals surface area contributed by atoms with Crippen molar-refractivity contribution in [2.24, 2.45) is 7.05 Å². The molecule has 0 spiro atoms. The van der Waals surface area contributed by atoms with Crippen molar-refractivity contribution in [3.8, 4) is 0 Å². The second-order valence-electron chi connectivity index (χ2n) is 4.50. The number of nitrogens with zero attached hydrogens (tertiary/aromatic N) is 3. The van der Waals surface area contributed by atoms with E-state index in [0.29, 0.717) is 12.2 Å². The summed E-state index contributed by atoms with van der Waals surface area (Å²) in [6.07, 6.45) is 0. The van der Waals surface area contributed by atoms with E-state index >= 15 is 0 Å². The van der Waals surface area contributed by atoms with Gasteiger partial charge >= 0.3 is 0 Å². The summed E-state index contributed by atoms with van der Waals surface area (Å²) in [6, 6.07) is 1.80. The smallest absolute Gasteiger partial charge is 0.271 e. The molecule has 114 valence electrons. The van der Waals surface area contributed by atoms with Crippen LogP contribution in [0.15, 0.2) is 6.07 Å². The normalized spacial score (nSPS) is 15.4. The molecule has 0 saturated carbocycles. The molecule has 6 heteroatoms. The average Bonchev–Trinajstić information content (AvgIpc) is 2.82. The highest BCUT2D eigenvalue weighted by atomic mass is 16.5. The number of aromatic nitrogens is 2. The lowest BCUT2D eigenvalue weighted by Gasteiger charge is -2.26. The van der Waals surface area contributed by atoms with Crippen molar-refractivity contribution >= 4 is 5.91 Å². The molecule has 0 aromatic carbocycles. The van der Waals surface area contributed by atoms with Crippen LogP contribution < -0.4 is 5.32 Å². The molecule has 6 nitrogen and oxygen atoms in total. The number of hydrogen-bond acceptors (Lipinski definition) is 4. The third kappa shape index (κ3) is 4.94. The number of ether oxygens (including phenoxy) is 1. The van der Waals surface area contributed by atoms with Gasteiger partial charge in [0.2, 0.25) is 0 Å². The predicted octanol–water partition coefficient (Wildman–Crippen LogP) is 0.817. The van der Waals surface area contributed by atoms with Crippen molar-refractivity contribution in [1.82, 2.24) is 20.0 Å². The van der Waals surface area contributed by atoms with Crippen LogP contribution in [0, 0.1) is 6.92 Å². The van der Waals surface area contributed by atoms with Gasteiger partial charge in [0.25, 0.3) is 5.91 Å². The van der Waals surface area contributed by atoms with Crippen molar-refractivity contribution in [3.63, 3.8) is 0 Å². The highest BCUT2D eigenvalue weighted by Gasteiger charge is 2.12. The van der Waals surface area contributed by atoms with Crippen molar-refractivity contribution in [3.05, 3.63) is 17.5 Å². The van der Waals surface area contributed by atoms with Crippen LogP contribution >= 0.6 is 0 Å². The maximum Gasteiger partial charge on any atom is 0.271 e. The summed E-state index contributed by atoms with van der Waals surface area (Å²) >= 11 is 0. The Hall–Kier alpha value is -1.40. The zero-order valence-corrected chi connectivity index (χ0v) is 13.0. The number of aryl methyl sites for hydroxylation is 2. The molecule has 2 heterocycles. The number of morpholine rings is 1. The van der Waals surface area contributed by atoms with Gasteiger partial charge in [-0.15, -0.1) is 0 Å². The molecule has 1 aliphatic rings. The molecule has 0 bridgehead atoms. The summed E-state index contributed by atoms with van der Waals surface area (Å²) in [5.74, 6) is -0.105. The van der Waals surface area contributed by atoms with Gasteiger partial charge in [0.05, 0.1) is 13.2 Å². The third-order valence-corrected chi connectivity index (χ3v) is 3.16. The van der Waals surface area contributed by atoms with Crippen LogP contribution in [0.2, 0.25) is 0 Å². The Morgan fingerprint density at radius 1 is 1.40 bits per heavy atom. The molecule has 1 saturated heterocycles. The number of nitrogens with one attached hydrogen (secondary N) is 1. The zero-order chi connectivity index (χ0) is 15.0. The number of carbonyl (C=O) groups is 1. The van der Waals surface area contributed by atoms with E-state index in [-0.39, 0.29) is 5.91 Å². The molecule has 1 N–H and O–H groups in total. The van der Waals surface area contributed by atoms with Crippen LogP contribution in [-0.2, 0) is 11.8 Å². The Morgan fingerprint density at radius 3 is 2.60 bits per heavy atom. The van der Waals surface area contributed by atoms with E-state index in [1.807, 2.05) is 27.8 Å². The quantitative estimate of drug-likeness (QED) is 0.888. The van der Waals surface area contributed by atoms with E-state index < -0.39 is 0 Å². The SMILES string of the molecule is CC.Cc1cc(C(=O)NCCN2CCOCC2)nn1C. The maximum atomic E-state index is 11.8. The van der Waals surface area contributed by atoms with E-state index in [2.05, 4.69) is 15.3 Å².